The van der Waals surface area contributed by atoms with Crippen molar-refractivity contribution in [2.45, 2.75) is 13.8 Å². The molecule has 1 heterocycles. The van der Waals surface area contributed by atoms with Crippen molar-refractivity contribution in [1.82, 2.24) is 9.80 Å². The Morgan fingerprint density at radius 3 is 2.57 bits per heavy atom. The summed E-state index contributed by atoms with van der Waals surface area (Å²) in [6.45, 7) is 8.77. The fraction of sp³-hybridized carbons (Fsp3) is 0.526. The second-order valence-electron chi connectivity index (χ2n) is 6.59. The highest BCUT2D eigenvalue weighted by atomic mass is 32.2. The van der Waals surface area contributed by atoms with Gasteiger partial charge in [0.1, 0.15) is 10.1 Å². The van der Waals surface area contributed by atoms with Gasteiger partial charge in [0.2, 0.25) is 5.91 Å². The van der Waals surface area contributed by atoms with Gasteiger partial charge in [0.05, 0.1) is 31.9 Å². The molecule has 1 aromatic carbocycles. The number of quaternary nitrogens is 1. The summed E-state index contributed by atoms with van der Waals surface area (Å²) < 4.78 is 13.9. The fourth-order valence-electron chi connectivity index (χ4n) is 3.04. The van der Waals surface area contributed by atoms with E-state index in [4.69, 9.17) is 12.2 Å². The van der Waals surface area contributed by atoms with Crippen LogP contribution in [0.15, 0.2) is 24.3 Å². The molecule has 154 valence electrons. The summed E-state index contributed by atoms with van der Waals surface area (Å²) in [6.07, 6.45) is 0. The van der Waals surface area contributed by atoms with Crippen LogP contribution in [0.4, 0.5) is 10.1 Å². The molecule has 2 rings (SSSR count). The summed E-state index contributed by atoms with van der Waals surface area (Å²) in [6, 6.07) is 5.85. The van der Waals surface area contributed by atoms with E-state index in [-0.39, 0.29) is 17.6 Å². The molecule has 0 aromatic heterocycles. The highest BCUT2D eigenvalue weighted by molar-refractivity contribution is 8.23. The molecule has 0 aliphatic carbocycles. The van der Waals surface area contributed by atoms with Crippen molar-refractivity contribution < 1.29 is 18.9 Å². The third-order valence-electron chi connectivity index (χ3n) is 4.68. The number of amides is 2. The van der Waals surface area contributed by atoms with E-state index in [2.05, 4.69) is 10.2 Å². The maximum absolute atomic E-state index is 13.2. The predicted molar refractivity (Wildman–Crippen MR) is 115 cm³/mol. The zero-order chi connectivity index (χ0) is 20.5. The molecule has 1 fully saturated rings. The number of anilines is 1. The monoisotopic (exact) mass is 427 g/mol. The highest BCUT2D eigenvalue weighted by Crippen LogP contribution is 2.11. The number of benzene rings is 1. The molecule has 0 atom stereocenters. The molecule has 0 radical (unpaired) electrons. The first-order valence-corrected chi connectivity index (χ1v) is 10.9. The van der Waals surface area contributed by atoms with Crippen LogP contribution in [0.3, 0.4) is 0 Å². The van der Waals surface area contributed by atoms with Gasteiger partial charge in [-0.05, 0) is 32.0 Å². The average molecular weight is 428 g/mol. The second-order valence-corrected chi connectivity index (χ2v) is 8.20. The molecule has 1 aromatic rings. The number of hydrogen-bond donors (Lipinski definition) is 2. The Kier molecular flexibility index (Phi) is 9.14. The first-order valence-electron chi connectivity index (χ1n) is 9.51. The van der Waals surface area contributed by atoms with Crippen LogP contribution in [0.1, 0.15) is 13.8 Å². The molecule has 2 N–H and O–H groups in total. The SMILES string of the molecule is CCN(CC)C(=S)SCC(=O)N1CC[NH+](CC(=O)Nc2cccc(F)c2)CC1. The highest BCUT2D eigenvalue weighted by Gasteiger charge is 2.25. The van der Waals surface area contributed by atoms with Crippen LogP contribution in [0.25, 0.3) is 0 Å². The molecular weight excluding hydrogens is 399 g/mol. The minimum atomic E-state index is -0.379. The molecule has 0 spiro atoms. The molecule has 2 amide bonds. The van der Waals surface area contributed by atoms with Gasteiger partial charge in [0.25, 0.3) is 5.91 Å². The molecule has 6 nitrogen and oxygen atoms in total. The average Bonchev–Trinajstić information content (AvgIpc) is 2.67. The van der Waals surface area contributed by atoms with Gasteiger partial charge < -0.3 is 20.0 Å². The smallest absolute Gasteiger partial charge is 0.279 e. The van der Waals surface area contributed by atoms with E-state index in [9.17, 15) is 14.0 Å². The van der Waals surface area contributed by atoms with Gasteiger partial charge in [0.15, 0.2) is 6.54 Å². The lowest BCUT2D eigenvalue weighted by molar-refractivity contribution is -0.895. The zero-order valence-corrected chi connectivity index (χ0v) is 18.0. The predicted octanol–water partition coefficient (Wildman–Crippen LogP) is 0.851. The molecule has 1 saturated heterocycles. The number of hydrogen-bond acceptors (Lipinski definition) is 4. The number of thiocarbonyl (C=S) groups is 1. The van der Waals surface area contributed by atoms with Crippen LogP contribution in [-0.4, -0.2) is 77.5 Å². The minimum absolute atomic E-state index is 0.0859. The van der Waals surface area contributed by atoms with E-state index >= 15 is 0 Å². The summed E-state index contributed by atoms with van der Waals surface area (Å²) in [5.41, 5.74) is 0.458. The van der Waals surface area contributed by atoms with E-state index in [0.717, 1.165) is 22.3 Å². The topological polar surface area (TPSA) is 57.1 Å². The van der Waals surface area contributed by atoms with E-state index in [1.807, 2.05) is 18.7 Å². The van der Waals surface area contributed by atoms with Gasteiger partial charge in [-0.2, -0.15) is 0 Å². The standard InChI is InChI=1S/C19H27FN4O2S2/c1-3-23(4-2)19(27)28-14-18(26)24-10-8-22(9-11-24)13-17(25)21-16-7-5-6-15(20)12-16/h5-7,12H,3-4,8-11,13-14H2,1-2H3,(H,21,25)/p+1. The Bertz CT molecular complexity index is 692. The van der Waals surface area contributed by atoms with Crippen LogP contribution >= 0.6 is 24.0 Å². The Balaban J connectivity index is 1.71. The molecular formula is C19H28FN4O2S2+. The third-order valence-corrected chi connectivity index (χ3v) is 6.19. The maximum atomic E-state index is 13.2. The molecule has 0 unspecified atom stereocenters. The summed E-state index contributed by atoms with van der Waals surface area (Å²) in [5.74, 6) is -0.0936. The van der Waals surface area contributed by atoms with Crippen LogP contribution in [0.2, 0.25) is 0 Å². The lowest BCUT2D eigenvalue weighted by Gasteiger charge is -2.32. The Hall–Kier alpha value is -1.71. The van der Waals surface area contributed by atoms with Crippen LogP contribution in [0.5, 0.6) is 0 Å². The van der Waals surface area contributed by atoms with Crippen molar-refractivity contribution in [2.24, 2.45) is 0 Å². The number of nitrogens with zero attached hydrogens (tertiary/aromatic N) is 2. The summed E-state index contributed by atoms with van der Waals surface area (Å²) >= 11 is 6.78. The normalized spacial score (nSPS) is 14.6. The first kappa shape index (κ1) is 22.6. The van der Waals surface area contributed by atoms with Gasteiger partial charge in [-0.25, -0.2) is 4.39 Å². The van der Waals surface area contributed by atoms with Crippen LogP contribution in [0, 0.1) is 5.82 Å². The van der Waals surface area contributed by atoms with Crippen molar-refractivity contribution in [3.05, 3.63) is 30.1 Å². The largest absolute Gasteiger partial charge is 0.358 e. The van der Waals surface area contributed by atoms with Crippen LogP contribution in [-0.2, 0) is 9.59 Å². The van der Waals surface area contributed by atoms with E-state index < -0.39 is 0 Å². The Labute approximate surface area is 175 Å². The molecule has 9 heteroatoms. The van der Waals surface area contributed by atoms with Crippen LogP contribution < -0.4 is 10.2 Å². The summed E-state index contributed by atoms with van der Waals surface area (Å²) in [4.78, 5) is 29.6. The number of halogens is 1. The van der Waals surface area contributed by atoms with E-state index in [1.165, 1.54) is 23.9 Å². The van der Waals surface area contributed by atoms with E-state index in [1.54, 1.807) is 12.1 Å². The lowest BCUT2D eigenvalue weighted by Crippen LogP contribution is -3.15. The first-order chi connectivity index (χ1) is 13.4. The van der Waals surface area contributed by atoms with E-state index in [0.29, 0.717) is 44.2 Å². The number of thioether (sulfide) groups is 1. The lowest BCUT2D eigenvalue weighted by atomic mass is 10.3. The number of piperazine rings is 1. The number of carbonyl (C=O) groups excluding carboxylic acids is 2. The Morgan fingerprint density at radius 1 is 1.29 bits per heavy atom. The molecule has 0 bridgehead atoms. The van der Waals surface area contributed by atoms with Gasteiger partial charge in [-0.15, -0.1) is 0 Å². The molecule has 28 heavy (non-hydrogen) atoms. The zero-order valence-electron chi connectivity index (χ0n) is 16.4. The minimum Gasteiger partial charge on any atom is -0.358 e. The summed E-state index contributed by atoms with van der Waals surface area (Å²) in [5, 5.41) is 2.72. The van der Waals surface area contributed by atoms with Gasteiger partial charge in [-0.1, -0.05) is 30.0 Å². The Morgan fingerprint density at radius 2 is 1.96 bits per heavy atom. The van der Waals surface area contributed by atoms with Crippen molar-refractivity contribution in [1.29, 1.82) is 0 Å². The quantitative estimate of drug-likeness (QED) is 0.632. The van der Waals surface area contributed by atoms with Gasteiger partial charge in [-0.3, -0.25) is 9.59 Å². The van der Waals surface area contributed by atoms with Crippen molar-refractivity contribution >= 4 is 45.8 Å². The third kappa shape index (κ3) is 7.03. The second kappa shape index (κ2) is 11.3. The molecule has 1 aliphatic rings. The number of rotatable bonds is 7. The van der Waals surface area contributed by atoms with Crippen molar-refractivity contribution in [3.63, 3.8) is 0 Å². The maximum Gasteiger partial charge on any atom is 0.279 e. The van der Waals surface area contributed by atoms with Gasteiger partial charge in [0, 0.05) is 18.8 Å². The van der Waals surface area contributed by atoms with Crippen molar-refractivity contribution in [3.8, 4) is 0 Å². The number of carbonyl (C=O) groups is 2. The number of nitrogens with one attached hydrogen (secondary N) is 2. The summed E-state index contributed by atoms with van der Waals surface area (Å²) in [7, 11) is 0. The molecule has 1 aliphatic heterocycles. The van der Waals surface area contributed by atoms with Gasteiger partial charge >= 0.3 is 0 Å². The molecule has 0 saturated carbocycles. The van der Waals surface area contributed by atoms with Crippen molar-refractivity contribution in [2.75, 3.05) is 56.9 Å². The fourth-order valence-corrected chi connectivity index (χ4v) is 4.34.